The van der Waals surface area contributed by atoms with Gasteiger partial charge < -0.3 is 42.2 Å². The summed E-state index contributed by atoms with van der Waals surface area (Å²) in [6.07, 6.45) is 18.9. The monoisotopic (exact) mass is 774 g/mol. The molecule has 1 unspecified atom stereocenters. The second kappa shape index (κ2) is 21.4. The molecule has 0 radical (unpaired) electrons. The number of ether oxygens (including phenoxy) is 3. The third-order valence-corrected chi connectivity index (χ3v) is 11.0. The number of anilines is 1. The van der Waals surface area contributed by atoms with Crippen molar-refractivity contribution in [2.45, 2.75) is 102 Å². The second-order valence-electron chi connectivity index (χ2n) is 15.6. The van der Waals surface area contributed by atoms with Gasteiger partial charge in [0.25, 0.3) is 0 Å². The van der Waals surface area contributed by atoms with Gasteiger partial charge in [-0.25, -0.2) is 4.79 Å². The minimum Gasteiger partial charge on any atom is -1.00 e. The van der Waals surface area contributed by atoms with Crippen LogP contribution in [0.5, 0.6) is 0 Å². The van der Waals surface area contributed by atoms with Gasteiger partial charge >= 0.3 is 6.09 Å². The summed E-state index contributed by atoms with van der Waals surface area (Å²) in [5.41, 5.74) is 7.67. The van der Waals surface area contributed by atoms with Gasteiger partial charge in [-0.3, -0.25) is 4.79 Å². The quantitative estimate of drug-likeness (QED) is 0.122. The van der Waals surface area contributed by atoms with Gasteiger partial charge in [0, 0.05) is 60.6 Å². The Morgan fingerprint density at radius 3 is 2.29 bits per heavy atom. The Morgan fingerprint density at radius 1 is 0.836 bits per heavy atom. The fraction of sp³-hybridized carbons (Fsp3) is 0.533. The summed E-state index contributed by atoms with van der Waals surface area (Å²) in [7, 11) is 2.16. The topological polar surface area (TPSA) is 92.1 Å². The number of allylic oxidation sites excluding steroid dienone is 6. The molecule has 2 N–H and O–H groups in total. The average Bonchev–Trinajstić information content (AvgIpc) is 3.47. The number of alkyl carbamates (subject to hydrolysis) is 1. The fourth-order valence-corrected chi connectivity index (χ4v) is 7.98. The highest BCUT2D eigenvalue weighted by Gasteiger charge is 2.43. The van der Waals surface area contributed by atoms with Crippen molar-refractivity contribution in [3.8, 4) is 0 Å². The first-order chi connectivity index (χ1) is 26.1. The summed E-state index contributed by atoms with van der Waals surface area (Å²) >= 11 is 0. The first-order valence-corrected chi connectivity index (χ1v) is 20.1. The van der Waals surface area contributed by atoms with Crippen LogP contribution >= 0.6 is 0 Å². The molecule has 0 saturated heterocycles. The van der Waals surface area contributed by atoms with E-state index in [1.54, 1.807) is 0 Å². The number of carbonyl (C=O) groups excluding carboxylic acids is 2. The zero-order valence-corrected chi connectivity index (χ0v) is 34.5. The lowest BCUT2D eigenvalue weighted by atomic mass is 9.81. The lowest BCUT2D eigenvalue weighted by Gasteiger charge is -2.27. The van der Waals surface area contributed by atoms with Gasteiger partial charge in [0.15, 0.2) is 5.71 Å². The number of halogens is 1. The minimum absolute atomic E-state index is 0. The van der Waals surface area contributed by atoms with Crippen molar-refractivity contribution in [1.29, 1.82) is 0 Å². The number of benzene rings is 2. The van der Waals surface area contributed by atoms with Crippen molar-refractivity contribution < 1.29 is 40.8 Å². The predicted octanol–water partition coefficient (Wildman–Crippen LogP) is 5.26. The van der Waals surface area contributed by atoms with E-state index >= 15 is 0 Å². The lowest BCUT2D eigenvalue weighted by molar-refractivity contribution is -0.401. The number of hydrogen-bond donors (Lipinski definition) is 2. The Balaban J connectivity index is 0.00000673. The Labute approximate surface area is 335 Å². The van der Waals surface area contributed by atoms with Crippen LogP contribution in [0.2, 0.25) is 0 Å². The standard InChI is InChI=1S/C45H62N4O5.ClH/c1-44(2)36-21-13-15-23-38(36)48(5)40(44)25-18-26-41-45(3,4)37-22-14-16-24-39(37)49(41)30-17-9-12-27-42(50)46-28-31-52-33-34-53-32-29-47-43(51)54-35-19-10-7-6-8-11-20-35;/h6-7,13-16,18,21-26,35H,8-12,17,19-20,27-34H2,1-5H3,(H-,46,47,50,51);1H/b7-6+;. The van der Waals surface area contributed by atoms with Crippen molar-refractivity contribution in [2.75, 3.05) is 58.0 Å². The molecule has 5 rings (SSSR count). The SMILES string of the molecule is C[N+]1=C(/C=C/C=C2\N(CCCCCC(=O)NCCOCCOCCNC(=O)OC3CC/C=C/CCC3)c3ccccc3C2(C)C)C(C)(C)c2ccccc21.[Cl-]. The van der Waals surface area contributed by atoms with Crippen molar-refractivity contribution in [3.05, 3.63) is 95.7 Å². The normalized spacial score (nSPS) is 19.7. The van der Waals surface area contributed by atoms with Gasteiger partial charge in [0.05, 0.1) is 31.8 Å². The summed E-state index contributed by atoms with van der Waals surface area (Å²) in [4.78, 5) is 27.0. The number of fused-ring (bicyclic) bond motifs is 2. The molecular weight excluding hydrogens is 712 g/mol. The molecule has 1 atom stereocenters. The highest BCUT2D eigenvalue weighted by molar-refractivity contribution is 6.03. The molecule has 55 heavy (non-hydrogen) atoms. The summed E-state index contributed by atoms with van der Waals surface area (Å²) in [5.74, 6) is 0.0570. The molecule has 2 aliphatic heterocycles. The second-order valence-corrected chi connectivity index (χ2v) is 15.6. The van der Waals surface area contributed by atoms with Crippen LogP contribution in [0.1, 0.15) is 96.6 Å². The van der Waals surface area contributed by atoms with E-state index in [0.717, 1.165) is 57.9 Å². The average molecular weight is 775 g/mol. The molecule has 0 bridgehead atoms. The predicted molar refractivity (Wildman–Crippen MR) is 218 cm³/mol. The van der Waals surface area contributed by atoms with Gasteiger partial charge in [0.2, 0.25) is 11.6 Å². The summed E-state index contributed by atoms with van der Waals surface area (Å²) in [6.45, 7) is 12.7. The Kier molecular flexibility index (Phi) is 17.0. The van der Waals surface area contributed by atoms with Crippen molar-refractivity contribution in [1.82, 2.24) is 10.6 Å². The van der Waals surface area contributed by atoms with Crippen LogP contribution in [-0.2, 0) is 29.8 Å². The molecule has 2 heterocycles. The zero-order valence-electron chi connectivity index (χ0n) is 33.7. The molecule has 2 aromatic rings. The van der Waals surface area contributed by atoms with Crippen LogP contribution < -0.4 is 27.9 Å². The maximum Gasteiger partial charge on any atom is 0.407 e. The zero-order chi connectivity index (χ0) is 38.4. The first kappa shape index (κ1) is 43.8. The lowest BCUT2D eigenvalue weighted by Crippen LogP contribution is -3.00. The molecule has 9 nitrogen and oxygen atoms in total. The number of carbonyl (C=O) groups is 2. The molecule has 1 aliphatic carbocycles. The summed E-state index contributed by atoms with van der Waals surface area (Å²) in [6, 6.07) is 17.4. The van der Waals surface area contributed by atoms with E-state index in [1.807, 2.05) is 0 Å². The Hall–Kier alpha value is -3.92. The van der Waals surface area contributed by atoms with E-state index in [-0.39, 0.29) is 41.3 Å². The van der Waals surface area contributed by atoms with E-state index in [1.165, 1.54) is 33.9 Å². The number of amides is 2. The number of hydrogen-bond acceptors (Lipinski definition) is 6. The Bertz CT molecular complexity index is 1700. The smallest absolute Gasteiger partial charge is 0.407 e. The van der Waals surface area contributed by atoms with Gasteiger partial charge in [-0.15, -0.1) is 0 Å². The third kappa shape index (κ3) is 11.8. The van der Waals surface area contributed by atoms with Crippen LogP contribution in [0.4, 0.5) is 16.2 Å². The first-order valence-electron chi connectivity index (χ1n) is 20.1. The summed E-state index contributed by atoms with van der Waals surface area (Å²) in [5, 5.41) is 5.73. The molecule has 0 aromatic heterocycles. The van der Waals surface area contributed by atoms with Crippen LogP contribution in [0.15, 0.2) is 84.6 Å². The van der Waals surface area contributed by atoms with E-state index in [9.17, 15) is 9.59 Å². The van der Waals surface area contributed by atoms with E-state index in [4.69, 9.17) is 14.2 Å². The highest BCUT2D eigenvalue weighted by atomic mass is 35.5. The number of nitrogens with one attached hydrogen (secondary N) is 2. The maximum absolute atomic E-state index is 12.5. The van der Waals surface area contributed by atoms with Crippen LogP contribution in [0.3, 0.4) is 0 Å². The highest BCUT2D eigenvalue weighted by Crippen LogP contribution is 2.48. The van der Waals surface area contributed by atoms with Gasteiger partial charge in [0.1, 0.15) is 13.2 Å². The van der Waals surface area contributed by atoms with E-state index in [2.05, 4.69) is 134 Å². The van der Waals surface area contributed by atoms with Gasteiger partial charge in [-0.1, -0.05) is 74.9 Å². The Morgan fingerprint density at radius 2 is 1.53 bits per heavy atom. The molecule has 2 amide bonds. The molecular formula is C45H63ClN4O5. The fourth-order valence-electron chi connectivity index (χ4n) is 7.98. The number of para-hydroxylation sites is 2. The van der Waals surface area contributed by atoms with Gasteiger partial charge in [-0.05, 0) is 76.5 Å². The largest absolute Gasteiger partial charge is 1.00 e. The van der Waals surface area contributed by atoms with Crippen LogP contribution in [0, 0.1) is 0 Å². The van der Waals surface area contributed by atoms with Crippen LogP contribution in [0.25, 0.3) is 0 Å². The molecule has 10 heteroatoms. The maximum atomic E-state index is 12.5. The molecule has 0 saturated carbocycles. The van der Waals surface area contributed by atoms with Gasteiger partial charge in [-0.2, -0.15) is 4.58 Å². The van der Waals surface area contributed by atoms with Crippen LogP contribution in [-0.4, -0.2) is 81.5 Å². The third-order valence-electron chi connectivity index (χ3n) is 11.0. The van der Waals surface area contributed by atoms with Crippen molar-refractivity contribution >= 4 is 29.1 Å². The molecule has 2 aromatic carbocycles. The van der Waals surface area contributed by atoms with Crippen molar-refractivity contribution in [3.63, 3.8) is 0 Å². The molecule has 0 spiro atoms. The summed E-state index contributed by atoms with van der Waals surface area (Å²) < 4.78 is 19.0. The molecule has 3 aliphatic rings. The molecule has 0 fully saturated rings. The number of rotatable bonds is 18. The minimum atomic E-state index is -0.380. The number of nitrogens with zero attached hydrogens (tertiary/aromatic N) is 2. The van der Waals surface area contributed by atoms with E-state index in [0.29, 0.717) is 45.9 Å². The molecule has 300 valence electrons. The van der Waals surface area contributed by atoms with Crippen molar-refractivity contribution in [2.24, 2.45) is 0 Å². The number of unbranched alkanes of at least 4 members (excludes halogenated alkanes) is 2. The van der Waals surface area contributed by atoms with E-state index < -0.39 is 0 Å².